The Bertz CT molecular complexity index is 251. The first-order valence-corrected chi connectivity index (χ1v) is 5.55. The number of likely N-dealkylation sites (tertiary alicyclic amines) is 1. The highest BCUT2D eigenvalue weighted by atomic mass is 16.2. The van der Waals surface area contributed by atoms with Crippen molar-refractivity contribution < 1.29 is 9.59 Å². The van der Waals surface area contributed by atoms with Crippen molar-refractivity contribution in [3.63, 3.8) is 0 Å². The second-order valence-electron chi connectivity index (χ2n) is 4.32. The molecule has 1 fully saturated rings. The van der Waals surface area contributed by atoms with Crippen molar-refractivity contribution in [1.29, 1.82) is 0 Å². The van der Waals surface area contributed by atoms with Gasteiger partial charge in [0.15, 0.2) is 0 Å². The average molecular weight is 212 g/mol. The monoisotopic (exact) mass is 212 g/mol. The van der Waals surface area contributed by atoms with Crippen molar-refractivity contribution in [2.24, 2.45) is 5.92 Å². The summed E-state index contributed by atoms with van der Waals surface area (Å²) in [5.41, 5.74) is 0. The third kappa shape index (κ3) is 3.02. The lowest BCUT2D eigenvalue weighted by Crippen LogP contribution is -2.30. The number of hydrogen-bond acceptors (Lipinski definition) is 3. The number of nitrogens with zero attached hydrogens (tertiary/aromatic N) is 2. The maximum atomic E-state index is 11.7. The molecule has 0 radical (unpaired) electrons. The van der Waals surface area contributed by atoms with Crippen LogP contribution in [-0.4, -0.2) is 48.8 Å². The Hall–Kier alpha value is -0.900. The minimum Gasteiger partial charge on any atom is -0.309 e. The van der Waals surface area contributed by atoms with E-state index in [1.165, 1.54) is 4.90 Å². The fraction of sp³-hybridized carbons (Fsp3) is 0.818. The topological polar surface area (TPSA) is 40.6 Å². The summed E-state index contributed by atoms with van der Waals surface area (Å²) in [4.78, 5) is 26.6. The third-order valence-electron chi connectivity index (χ3n) is 2.81. The van der Waals surface area contributed by atoms with E-state index in [1.807, 2.05) is 21.0 Å². The Balaban J connectivity index is 2.38. The number of imide groups is 1. The maximum absolute atomic E-state index is 11.7. The molecule has 0 spiro atoms. The van der Waals surface area contributed by atoms with Crippen molar-refractivity contribution >= 4 is 11.8 Å². The van der Waals surface area contributed by atoms with Gasteiger partial charge in [-0.3, -0.25) is 14.5 Å². The van der Waals surface area contributed by atoms with E-state index in [9.17, 15) is 9.59 Å². The number of amides is 2. The average Bonchev–Trinajstić information content (AvgIpc) is 2.41. The van der Waals surface area contributed by atoms with Crippen molar-refractivity contribution in [1.82, 2.24) is 9.80 Å². The molecule has 4 nitrogen and oxygen atoms in total. The molecule has 2 amide bonds. The molecule has 1 heterocycles. The molecule has 86 valence electrons. The molecule has 1 atom stereocenters. The normalized spacial score (nSPS) is 21.9. The van der Waals surface area contributed by atoms with Crippen LogP contribution >= 0.6 is 0 Å². The van der Waals surface area contributed by atoms with Gasteiger partial charge in [0.1, 0.15) is 0 Å². The van der Waals surface area contributed by atoms with Gasteiger partial charge in [0.25, 0.3) is 0 Å². The van der Waals surface area contributed by atoms with Crippen LogP contribution in [0, 0.1) is 5.92 Å². The molecular formula is C11H20N2O2. The number of rotatable bonds is 5. The minimum atomic E-state index is -0.0580. The van der Waals surface area contributed by atoms with Crippen LogP contribution in [0.25, 0.3) is 0 Å². The van der Waals surface area contributed by atoms with Gasteiger partial charge in [0, 0.05) is 18.9 Å². The van der Waals surface area contributed by atoms with Gasteiger partial charge in [-0.05, 0) is 40.4 Å². The van der Waals surface area contributed by atoms with E-state index in [0.29, 0.717) is 13.0 Å². The second-order valence-corrected chi connectivity index (χ2v) is 4.32. The van der Waals surface area contributed by atoms with Crippen LogP contribution in [0.2, 0.25) is 0 Å². The van der Waals surface area contributed by atoms with Crippen molar-refractivity contribution in [2.75, 3.05) is 27.2 Å². The Morgan fingerprint density at radius 1 is 1.40 bits per heavy atom. The zero-order valence-corrected chi connectivity index (χ0v) is 9.82. The summed E-state index contributed by atoms with van der Waals surface area (Å²) >= 11 is 0. The molecule has 0 aromatic rings. The van der Waals surface area contributed by atoms with E-state index >= 15 is 0 Å². The molecule has 0 bridgehead atoms. The SMILES string of the molecule is CCN1C(=O)CC(CCCN(C)C)C1=O. The van der Waals surface area contributed by atoms with Crippen LogP contribution in [0.5, 0.6) is 0 Å². The summed E-state index contributed by atoms with van der Waals surface area (Å²) < 4.78 is 0. The van der Waals surface area contributed by atoms with Gasteiger partial charge in [-0.25, -0.2) is 0 Å². The lowest BCUT2D eigenvalue weighted by molar-refractivity contribution is -0.139. The maximum Gasteiger partial charge on any atom is 0.232 e. The highest BCUT2D eigenvalue weighted by molar-refractivity contribution is 6.03. The van der Waals surface area contributed by atoms with Crippen LogP contribution in [0.1, 0.15) is 26.2 Å². The molecule has 15 heavy (non-hydrogen) atoms. The fourth-order valence-electron chi connectivity index (χ4n) is 1.96. The van der Waals surface area contributed by atoms with Gasteiger partial charge in [-0.2, -0.15) is 0 Å². The van der Waals surface area contributed by atoms with E-state index in [2.05, 4.69) is 4.90 Å². The van der Waals surface area contributed by atoms with Crippen molar-refractivity contribution in [2.45, 2.75) is 26.2 Å². The van der Waals surface area contributed by atoms with Crippen LogP contribution in [0.4, 0.5) is 0 Å². The highest BCUT2D eigenvalue weighted by Crippen LogP contribution is 2.23. The zero-order valence-electron chi connectivity index (χ0n) is 9.82. The molecule has 0 aromatic carbocycles. The van der Waals surface area contributed by atoms with Gasteiger partial charge in [-0.1, -0.05) is 0 Å². The molecule has 1 rings (SSSR count). The van der Waals surface area contributed by atoms with Gasteiger partial charge in [0.05, 0.1) is 0 Å². The molecule has 1 aliphatic heterocycles. The molecular weight excluding hydrogens is 192 g/mol. The number of hydrogen-bond donors (Lipinski definition) is 0. The standard InChI is InChI=1S/C11H20N2O2/c1-4-13-10(14)8-9(11(13)15)6-5-7-12(2)3/h9H,4-8H2,1-3H3. The van der Waals surface area contributed by atoms with Crippen LogP contribution in [-0.2, 0) is 9.59 Å². The van der Waals surface area contributed by atoms with E-state index < -0.39 is 0 Å². The van der Waals surface area contributed by atoms with E-state index in [0.717, 1.165) is 19.4 Å². The molecule has 1 saturated heterocycles. The smallest absolute Gasteiger partial charge is 0.232 e. The number of carbonyl (C=O) groups is 2. The Morgan fingerprint density at radius 3 is 2.53 bits per heavy atom. The van der Waals surface area contributed by atoms with Gasteiger partial charge >= 0.3 is 0 Å². The predicted octanol–water partition coefficient (Wildman–Crippen LogP) is 0.723. The summed E-state index contributed by atoms with van der Waals surface area (Å²) in [5, 5.41) is 0. The van der Waals surface area contributed by atoms with Crippen molar-refractivity contribution in [3.8, 4) is 0 Å². The molecule has 0 aliphatic carbocycles. The Kier molecular flexibility index (Phi) is 4.27. The first-order chi connectivity index (χ1) is 7.06. The third-order valence-corrected chi connectivity index (χ3v) is 2.81. The fourth-order valence-corrected chi connectivity index (χ4v) is 1.96. The Labute approximate surface area is 91.2 Å². The quantitative estimate of drug-likeness (QED) is 0.631. The van der Waals surface area contributed by atoms with Gasteiger partial charge < -0.3 is 4.90 Å². The lowest BCUT2D eigenvalue weighted by atomic mass is 10.0. The van der Waals surface area contributed by atoms with Gasteiger partial charge in [-0.15, -0.1) is 0 Å². The molecule has 0 aromatic heterocycles. The zero-order chi connectivity index (χ0) is 11.4. The molecule has 1 unspecified atom stereocenters. The predicted molar refractivity (Wildman–Crippen MR) is 58.3 cm³/mol. The molecule has 1 aliphatic rings. The van der Waals surface area contributed by atoms with Crippen LogP contribution < -0.4 is 0 Å². The first kappa shape index (κ1) is 12.2. The second kappa shape index (κ2) is 5.26. The summed E-state index contributed by atoms with van der Waals surface area (Å²) in [6.07, 6.45) is 2.23. The largest absolute Gasteiger partial charge is 0.309 e. The van der Waals surface area contributed by atoms with E-state index in [-0.39, 0.29) is 17.7 Å². The summed E-state index contributed by atoms with van der Waals surface area (Å²) in [6, 6.07) is 0. The van der Waals surface area contributed by atoms with Crippen LogP contribution in [0.3, 0.4) is 0 Å². The van der Waals surface area contributed by atoms with Crippen LogP contribution in [0.15, 0.2) is 0 Å². The summed E-state index contributed by atoms with van der Waals surface area (Å²) in [7, 11) is 4.03. The summed E-state index contributed by atoms with van der Waals surface area (Å²) in [5.74, 6) is -0.0315. The molecule has 0 N–H and O–H groups in total. The van der Waals surface area contributed by atoms with Crippen molar-refractivity contribution in [3.05, 3.63) is 0 Å². The van der Waals surface area contributed by atoms with E-state index in [4.69, 9.17) is 0 Å². The number of carbonyl (C=O) groups excluding carboxylic acids is 2. The van der Waals surface area contributed by atoms with Gasteiger partial charge in [0.2, 0.25) is 11.8 Å². The summed E-state index contributed by atoms with van der Waals surface area (Å²) in [6.45, 7) is 3.34. The highest BCUT2D eigenvalue weighted by Gasteiger charge is 2.36. The van der Waals surface area contributed by atoms with E-state index in [1.54, 1.807) is 0 Å². The first-order valence-electron chi connectivity index (χ1n) is 5.55. The Morgan fingerprint density at radius 2 is 2.07 bits per heavy atom. The minimum absolute atomic E-state index is 0.00245. The lowest BCUT2D eigenvalue weighted by Gasteiger charge is -2.13. The molecule has 0 saturated carbocycles. The molecule has 4 heteroatoms.